The van der Waals surface area contributed by atoms with Gasteiger partial charge in [0.25, 0.3) is 0 Å². The van der Waals surface area contributed by atoms with Gasteiger partial charge in [0.15, 0.2) is 0 Å². The number of nitrogens with zero attached hydrogens (tertiary/aromatic N) is 2. The van der Waals surface area contributed by atoms with Gasteiger partial charge >= 0.3 is 5.97 Å². The van der Waals surface area contributed by atoms with E-state index >= 15 is 0 Å². The van der Waals surface area contributed by atoms with E-state index in [-0.39, 0.29) is 5.56 Å². The van der Waals surface area contributed by atoms with Crippen LogP contribution in [-0.4, -0.2) is 28.0 Å². The summed E-state index contributed by atoms with van der Waals surface area (Å²) in [6, 6.07) is 11.0. The van der Waals surface area contributed by atoms with E-state index in [1.165, 1.54) is 0 Å². The van der Waals surface area contributed by atoms with Crippen molar-refractivity contribution in [2.75, 3.05) is 7.11 Å². The number of rotatable bonds is 3. The second kappa shape index (κ2) is 4.94. The maximum atomic E-state index is 11.7. The fourth-order valence-corrected chi connectivity index (χ4v) is 2.45. The molecule has 0 aliphatic heterocycles. The summed E-state index contributed by atoms with van der Waals surface area (Å²) in [5, 5.41) is 14.5. The fourth-order valence-electron chi connectivity index (χ4n) is 2.45. The van der Waals surface area contributed by atoms with Crippen molar-refractivity contribution in [3.8, 4) is 16.9 Å². The molecule has 3 rings (SSSR count). The Balaban J connectivity index is 2.25. The normalized spacial score (nSPS) is 10.8. The molecule has 0 spiro atoms. The smallest absolute Gasteiger partial charge is 0.337 e. The van der Waals surface area contributed by atoms with Gasteiger partial charge in [-0.1, -0.05) is 18.2 Å². The second-order valence-electron chi connectivity index (χ2n) is 4.76. The van der Waals surface area contributed by atoms with Crippen LogP contribution in [0.1, 0.15) is 10.4 Å². The van der Waals surface area contributed by atoms with Gasteiger partial charge in [0, 0.05) is 18.6 Å². The molecular formula is C16H14N2O3. The van der Waals surface area contributed by atoms with Crippen LogP contribution in [0.5, 0.6) is 5.75 Å². The summed E-state index contributed by atoms with van der Waals surface area (Å²) in [4.78, 5) is 11.7. The van der Waals surface area contributed by atoms with Crippen LogP contribution < -0.4 is 4.74 Å². The van der Waals surface area contributed by atoms with E-state index in [4.69, 9.17) is 4.74 Å². The Morgan fingerprint density at radius 2 is 1.90 bits per heavy atom. The van der Waals surface area contributed by atoms with E-state index in [0.717, 1.165) is 11.3 Å². The fraction of sp³-hybridized carbons (Fsp3) is 0.125. The van der Waals surface area contributed by atoms with E-state index in [2.05, 4.69) is 5.10 Å². The zero-order chi connectivity index (χ0) is 15.0. The lowest BCUT2D eigenvalue weighted by Crippen LogP contribution is -2.00. The van der Waals surface area contributed by atoms with Crippen LogP contribution in [0.2, 0.25) is 0 Å². The molecular weight excluding hydrogens is 268 g/mol. The number of hydrogen-bond acceptors (Lipinski definition) is 3. The zero-order valence-corrected chi connectivity index (χ0v) is 11.7. The van der Waals surface area contributed by atoms with Gasteiger partial charge in [-0.05, 0) is 29.3 Å². The second-order valence-corrected chi connectivity index (χ2v) is 4.76. The first-order valence-electron chi connectivity index (χ1n) is 6.44. The minimum Gasteiger partial charge on any atom is -0.497 e. The number of aromatic carboxylic acids is 1. The molecule has 2 aromatic carbocycles. The summed E-state index contributed by atoms with van der Waals surface area (Å²) in [6.07, 6.45) is 1.73. The summed E-state index contributed by atoms with van der Waals surface area (Å²) >= 11 is 0. The zero-order valence-electron chi connectivity index (χ0n) is 11.7. The molecule has 0 radical (unpaired) electrons. The maximum absolute atomic E-state index is 11.7. The summed E-state index contributed by atoms with van der Waals surface area (Å²) in [5.41, 5.74) is 2.45. The molecule has 0 fully saturated rings. The van der Waals surface area contributed by atoms with Crippen molar-refractivity contribution in [2.45, 2.75) is 0 Å². The SMILES string of the molecule is COc1ccc(-c2ccc3nn(C)cc3c2C(=O)O)cc1. The van der Waals surface area contributed by atoms with Gasteiger partial charge in [-0.15, -0.1) is 0 Å². The van der Waals surface area contributed by atoms with Gasteiger partial charge in [-0.3, -0.25) is 4.68 Å². The number of carboxylic acids is 1. The lowest BCUT2D eigenvalue weighted by molar-refractivity contribution is 0.0700. The summed E-state index contributed by atoms with van der Waals surface area (Å²) in [6.45, 7) is 0. The monoisotopic (exact) mass is 282 g/mol. The molecule has 1 aromatic heterocycles. The molecule has 1 heterocycles. The number of aryl methyl sites for hydroxylation is 1. The van der Waals surface area contributed by atoms with Crippen molar-refractivity contribution < 1.29 is 14.6 Å². The molecule has 0 unspecified atom stereocenters. The molecule has 0 aliphatic rings. The lowest BCUT2D eigenvalue weighted by Gasteiger charge is -2.08. The van der Waals surface area contributed by atoms with E-state index in [9.17, 15) is 9.90 Å². The largest absolute Gasteiger partial charge is 0.497 e. The Bertz CT molecular complexity index is 819. The minimum atomic E-state index is -0.959. The highest BCUT2D eigenvalue weighted by atomic mass is 16.5. The Morgan fingerprint density at radius 3 is 2.52 bits per heavy atom. The summed E-state index contributed by atoms with van der Waals surface area (Å²) < 4.78 is 6.75. The molecule has 3 aromatic rings. The van der Waals surface area contributed by atoms with Crippen LogP contribution in [0.4, 0.5) is 0 Å². The van der Waals surface area contributed by atoms with Crippen molar-refractivity contribution >= 4 is 16.9 Å². The molecule has 5 heteroatoms. The van der Waals surface area contributed by atoms with Gasteiger partial charge in [0.1, 0.15) is 5.75 Å². The molecule has 0 saturated carbocycles. The van der Waals surface area contributed by atoms with E-state index in [1.807, 2.05) is 30.3 Å². The molecule has 0 bridgehead atoms. The predicted octanol–water partition coefficient (Wildman–Crippen LogP) is 2.95. The van der Waals surface area contributed by atoms with Gasteiger partial charge in [-0.2, -0.15) is 5.10 Å². The Kier molecular flexibility index (Phi) is 3.10. The number of fused-ring (bicyclic) bond motifs is 1. The Labute approximate surface area is 121 Å². The molecule has 5 nitrogen and oxygen atoms in total. The van der Waals surface area contributed by atoms with E-state index in [1.54, 1.807) is 31.1 Å². The number of carboxylic acid groups (broad SMARTS) is 1. The van der Waals surface area contributed by atoms with Crippen LogP contribution in [-0.2, 0) is 7.05 Å². The molecule has 0 aliphatic carbocycles. The number of methoxy groups -OCH3 is 1. The molecule has 21 heavy (non-hydrogen) atoms. The predicted molar refractivity (Wildman–Crippen MR) is 79.7 cm³/mol. The third-order valence-electron chi connectivity index (χ3n) is 3.42. The van der Waals surface area contributed by atoms with Crippen molar-refractivity contribution in [1.82, 2.24) is 9.78 Å². The number of ether oxygens (including phenoxy) is 1. The Hall–Kier alpha value is -2.82. The quantitative estimate of drug-likeness (QED) is 0.802. The molecule has 0 amide bonds. The highest BCUT2D eigenvalue weighted by molar-refractivity contribution is 6.08. The van der Waals surface area contributed by atoms with E-state index in [0.29, 0.717) is 16.5 Å². The van der Waals surface area contributed by atoms with Gasteiger partial charge in [0.2, 0.25) is 0 Å². The van der Waals surface area contributed by atoms with Gasteiger partial charge in [0.05, 0.1) is 18.2 Å². The summed E-state index contributed by atoms with van der Waals surface area (Å²) in [7, 11) is 3.37. The number of carbonyl (C=O) groups is 1. The number of aromatic nitrogens is 2. The third-order valence-corrected chi connectivity index (χ3v) is 3.42. The van der Waals surface area contributed by atoms with Crippen LogP contribution >= 0.6 is 0 Å². The first kappa shape index (κ1) is 13.2. The first-order chi connectivity index (χ1) is 10.1. The Morgan fingerprint density at radius 1 is 1.19 bits per heavy atom. The number of hydrogen-bond donors (Lipinski definition) is 1. The van der Waals surface area contributed by atoms with E-state index < -0.39 is 5.97 Å². The molecule has 1 N–H and O–H groups in total. The molecule has 0 atom stereocenters. The highest BCUT2D eigenvalue weighted by Gasteiger charge is 2.17. The van der Waals surface area contributed by atoms with Crippen LogP contribution in [0.25, 0.3) is 22.0 Å². The average Bonchev–Trinajstić information content (AvgIpc) is 2.86. The van der Waals surface area contributed by atoms with Gasteiger partial charge < -0.3 is 9.84 Å². The average molecular weight is 282 g/mol. The maximum Gasteiger partial charge on any atom is 0.337 e. The van der Waals surface area contributed by atoms with Crippen LogP contribution in [0.3, 0.4) is 0 Å². The third kappa shape index (κ3) is 2.23. The standard InChI is InChI=1S/C16H14N2O3/c1-18-9-13-14(17-18)8-7-12(15(13)16(19)20)10-3-5-11(21-2)6-4-10/h3-9H,1-2H3,(H,19,20). The lowest BCUT2D eigenvalue weighted by atomic mass is 9.97. The first-order valence-corrected chi connectivity index (χ1v) is 6.44. The van der Waals surface area contributed by atoms with Crippen molar-refractivity contribution in [3.63, 3.8) is 0 Å². The molecule has 106 valence electrons. The van der Waals surface area contributed by atoms with Crippen molar-refractivity contribution in [1.29, 1.82) is 0 Å². The highest BCUT2D eigenvalue weighted by Crippen LogP contribution is 2.31. The van der Waals surface area contributed by atoms with Crippen molar-refractivity contribution in [3.05, 3.63) is 48.2 Å². The summed E-state index contributed by atoms with van der Waals surface area (Å²) in [5.74, 6) is -0.225. The van der Waals surface area contributed by atoms with Crippen LogP contribution in [0, 0.1) is 0 Å². The molecule has 0 saturated heterocycles. The van der Waals surface area contributed by atoms with Crippen LogP contribution in [0.15, 0.2) is 42.6 Å². The minimum absolute atomic E-state index is 0.269. The van der Waals surface area contributed by atoms with Crippen molar-refractivity contribution in [2.24, 2.45) is 7.05 Å². The number of benzene rings is 2. The topological polar surface area (TPSA) is 64.4 Å². The van der Waals surface area contributed by atoms with Gasteiger partial charge in [-0.25, -0.2) is 4.79 Å².